The first-order chi connectivity index (χ1) is 17.6. The predicted molar refractivity (Wildman–Crippen MR) is 139 cm³/mol. The van der Waals surface area contributed by atoms with Crippen molar-refractivity contribution >= 4 is 23.6 Å². The zero-order valence-corrected chi connectivity index (χ0v) is 21.8. The Kier molecular flexibility index (Phi) is 6.30. The molecule has 11 heteroatoms. The van der Waals surface area contributed by atoms with Crippen molar-refractivity contribution < 1.29 is 14.7 Å². The summed E-state index contributed by atoms with van der Waals surface area (Å²) in [6, 6.07) is 7.51. The number of carbonyl (C=O) groups excluding carboxylic acids is 1. The number of anilines is 2. The van der Waals surface area contributed by atoms with Gasteiger partial charge in [0.15, 0.2) is 5.82 Å². The van der Waals surface area contributed by atoms with E-state index in [4.69, 9.17) is 9.97 Å². The second-order valence-electron chi connectivity index (χ2n) is 10.3. The van der Waals surface area contributed by atoms with Crippen LogP contribution in [-0.4, -0.2) is 66.9 Å². The number of aromatic nitrogens is 5. The van der Waals surface area contributed by atoms with Crippen LogP contribution in [0, 0.1) is 5.92 Å². The summed E-state index contributed by atoms with van der Waals surface area (Å²) in [5, 5.41) is 18.2. The fourth-order valence-corrected chi connectivity index (χ4v) is 4.78. The van der Waals surface area contributed by atoms with Crippen LogP contribution in [0.2, 0.25) is 0 Å². The number of nitrogens with zero attached hydrogens (tertiary/aromatic N) is 8. The van der Waals surface area contributed by atoms with Crippen molar-refractivity contribution in [2.24, 2.45) is 5.92 Å². The number of aryl methyl sites for hydroxylation is 1. The van der Waals surface area contributed by atoms with Crippen LogP contribution in [0.5, 0.6) is 0 Å². The molecule has 2 aliphatic heterocycles. The molecule has 1 unspecified atom stereocenters. The lowest BCUT2D eigenvalue weighted by molar-refractivity contribution is 0.0996. The number of rotatable bonds is 6. The smallest absolute Gasteiger partial charge is 0.407 e. The second-order valence-corrected chi connectivity index (χ2v) is 10.3. The molecule has 3 aromatic heterocycles. The maximum absolute atomic E-state index is 13.7. The topological polar surface area (TPSA) is 121 Å². The molecule has 2 aliphatic rings. The number of amides is 2. The molecule has 0 aliphatic carbocycles. The van der Waals surface area contributed by atoms with E-state index in [2.05, 4.69) is 21.7 Å². The third-order valence-electron chi connectivity index (χ3n) is 7.26. The van der Waals surface area contributed by atoms with Gasteiger partial charge in [-0.1, -0.05) is 13.0 Å². The van der Waals surface area contributed by atoms with E-state index in [1.54, 1.807) is 17.0 Å². The summed E-state index contributed by atoms with van der Waals surface area (Å²) < 4.78 is 2.12. The van der Waals surface area contributed by atoms with E-state index in [0.717, 1.165) is 30.8 Å². The van der Waals surface area contributed by atoms with E-state index in [1.807, 2.05) is 37.9 Å². The van der Waals surface area contributed by atoms with Gasteiger partial charge in [-0.15, -0.1) is 10.2 Å². The summed E-state index contributed by atoms with van der Waals surface area (Å²) in [6.45, 7) is 7.47. The molecule has 1 atom stereocenters. The summed E-state index contributed by atoms with van der Waals surface area (Å²) >= 11 is 0. The standard InChI is InChI=1S/C26H32N8O3/c1-15(2)32(5)23-11-17-18(20(28-23)14-31(4)26(36)37)13-34(25(17)35)21-8-6-7-19(27-21)24-30-29-22-10-9-16(3)12-33(22)24/h6-8,11,15-16H,9-10,12-14H2,1-5H3,(H,36,37). The Bertz CT molecular complexity index is 1370. The first-order valence-corrected chi connectivity index (χ1v) is 12.5. The molecule has 0 fully saturated rings. The van der Waals surface area contributed by atoms with Gasteiger partial charge in [-0.05, 0) is 44.4 Å². The average molecular weight is 505 g/mol. The largest absolute Gasteiger partial charge is 0.465 e. The minimum absolute atomic E-state index is 0.0795. The van der Waals surface area contributed by atoms with Gasteiger partial charge in [0.25, 0.3) is 5.91 Å². The van der Waals surface area contributed by atoms with Crippen LogP contribution in [0.4, 0.5) is 16.4 Å². The van der Waals surface area contributed by atoms with E-state index in [9.17, 15) is 14.7 Å². The predicted octanol–water partition coefficient (Wildman–Crippen LogP) is 3.43. The summed E-state index contributed by atoms with van der Waals surface area (Å²) in [7, 11) is 3.40. The van der Waals surface area contributed by atoms with E-state index in [-0.39, 0.29) is 25.0 Å². The molecule has 0 bridgehead atoms. The lowest BCUT2D eigenvalue weighted by Gasteiger charge is -2.24. The molecule has 0 saturated heterocycles. The molecule has 0 radical (unpaired) electrons. The SMILES string of the molecule is CC1CCc2nnc(-c3cccc(N4Cc5c(cc(N(C)C(C)C)nc5CN(C)C(=O)O)C4=O)n3)n2C1. The highest BCUT2D eigenvalue weighted by atomic mass is 16.4. The van der Waals surface area contributed by atoms with Crippen molar-refractivity contribution in [1.82, 2.24) is 29.6 Å². The number of hydrogen-bond donors (Lipinski definition) is 1. The zero-order chi connectivity index (χ0) is 26.4. The number of fused-ring (bicyclic) bond motifs is 2. The van der Waals surface area contributed by atoms with Crippen LogP contribution >= 0.6 is 0 Å². The van der Waals surface area contributed by atoms with E-state index >= 15 is 0 Å². The molecule has 0 saturated carbocycles. The second kappa shape index (κ2) is 9.45. The first kappa shape index (κ1) is 24.7. The van der Waals surface area contributed by atoms with Crippen molar-refractivity contribution in [1.29, 1.82) is 0 Å². The summed E-state index contributed by atoms with van der Waals surface area (Å²) in [5.74, 6) is 3.16. The van der Waals surface area contributed by atoms with Crippen molar-refractivity contribution in [2.45, 2.75) is 59.3 Å². The van der Waals surface area contributed by atoms with E-state index in [1.165, 1.54) is 11.9 Å². The molecular formula is C26H32N8O3. The Labute approximate surface area is 215 Å². The average Bonchev–Trinajstić information content (AvgIpc) is 3.44. The van der Waals surface area contributed by atoms with Gasteiger partial charge in [-0.3, -0.25) is 9.69 Å². The molecule has 37 heavy (non-hydrogen) atoms. The van der Waals surface area contributed by atoms with Gasteiger partial charge in [0.1, 0.15) is 23.2 Å². The Hall–Kier alpha value is -4.02. The highest BCUT2D eigenvalue weighted by molar-refractivity contribution is 6.10. The van der Waals surface area contributed by atoms with Gasteiger partial charge in [0.05, 0.1) is 24.3 Å². The van der Waals surface area contributed by atoms with Gasteiger partial charge in [0.2, 0.25) is 0 Å². The fraction of sp³-hybridized carbons (Fsp3) is 0.462. The van der Waals surface area contributed by atoms with Crippen LogP contribution in [-0.2, 0) is 26.1 Å². The number of carbonyl (C=O) groups is 2. The third kappa shape index (κ3) is 4.49. The first-order valence-electron chi connectivity index (χ1n) is 12.5. The molecule has 11 nitrogen and oxygen atoms in total. The summed E-state index contributed by atoms with van der Waals surface area (Å²) in [5.41, 5.74) is 2.47. The third-order valence-corrected chi connectivity index (χ3v) is 7.26. The minimum Gasteiger partial charge on any atom is -0.465 e. The molecule has 1 N–H and O–H groups in total. The minimum atomic E-state index is -1.06. The molecule has 194 valence electrons. The van der Waals surface area contributed by atoms with Crippen LogP contribution in [0.25, 0.3) is 11.5 Å². The molecule has 2 amide bonds. The summed E-state index contributed by atoms with van der Waals surface area (Å²) in [6.07, 6.45) is 0.925. The zero-order valence-electron chi connectivity index (χ0n) is 21.8. The van der Waals surface area contributed by atoms with Gasteiger partial charge < -0.3 is 19.5 Å². The normalized spacial score (nSPS) is 16.6. The van der Waals surface area contributed by atoms with Crippen LogP contribution in [0.15, 0.2) is 24.3 Å². The summed E-state index contributed by atoms with van der Waals surface area (Å²) in [4.78, 5) is 39.5. The fourth-order valence-electron chi connectivity index (χ4n) is 4.78. The van der Waals surface area contributed by atoms with Crippen molar-refractivity contribution in [3.63, 3.8) is 0 Å². The van der Waals surface area contributed by atoms with Crippen molar-refractivity contribution in [2.75, 3.05) is 23.9 Å². The molecule has 3 aromatic rings. The highest BCUT2D eigenvalue weighted by Gasteiger charge is 2.34. The molecule has 5 heterocycles. The maximum atomic E-state index is 13.7. The Morgan fingerprint density at radius 1 is 1.22 bits per heavy atom. The quantitative estimate of drug-likeness (QED) is 0.542. The molecule has 5 rings (SSSR count). The molecule has 0 spiro atoms. The van der Waals surface area contributed by atoms with Crippen LogP contribution in [0.3, 0.4) is 0 Å². The van der Waals surface area contributed by atoms with Gasteiger partial charge >= 0.3 is 6.09 Å². The number of carboxylic acid groups (broad SMARTS) is 1. The lowest BCUT2D eigenvalue weighted by Crippen LogP contribution is -2.29. The molecule has 0 aromatic carbocycles. The van der Waals surface area contributed by atoms with E-state index in [0.29, 0.717) is 40.3 Å². The van der Waals surface area contributed by atoms with Crippen molar-refractivity contribution in [3.8, 4) is 11.5 Å². The highest BCUT2D eigenvalue weighted by Crippen LogP contribution is 2.33. The maximum Gasteiger partial charge on any atom is 0.407 e. The Morgan fingerprint density at radius 3 is 2.73 bits per heavy atom. The molecular weight excluding hydrogens is 472 g/mol. The van der Waals surface area contributed by atoms with Crippen molar-refractivity contribution in [3.05, 3.63) is 46.9 Å². The van der Waals surface area contributed by atoms with Gasteiger partial charge in [-0.2, -0.15) is 0 Å². The Morgan fingerprint density at radius 2 is 2.00 bits per heavy atom. The Balaban J connectivity index is 1.51. The van der Waals surface area contributed by atoms with Gasteiger partial charge in [0, 0.05) is 38.7 Å². The van der Waals surface area contributed by atoms with Crippen LogP contribution in [0.1, 0.15) is 54.6 Å². The monoisotopic (exact) mass is 504 g/mol. The van der Waals surface area contributed by atoms with Crippen LogP contribution < -0.4 is 9.80 Å². The number of pyridine rings is 2. The van der Waals surface area contributed by atoms with E-state index < -0.39 is 6.09 Å². The number of hydrogen-bond acceptors (Lipinski definition) is 7. The lowest BCUT2D eigenvalue weighted by atomic mass is 10.0. The van der Waals surface area contributed by atoms with Gasteiger partial charge in [-0.25, -0.2) is 14.8 Å².